The van der Waals surface area contributed by atoms with Gasteiger partial charge in [0.05, 0.1) is 23.0 Å². The van der Waals surface area contributed by atoms with E-state index in [1.165, 1.54) is 0 Å². The van der Waals surface area contributed by atoms with Gasteiger partial charge in [-0.05, 0) is 18.2 Å². The van der Waals surface area contributed by atoms with Crippen molar-refractivity contribution in [2.24, 2.45) is 0 Å². The van der Waals surface area contributed by atoms with Crippen molar-refractivity contribution in [2.75, 3.05) is 5.32 Å². The van der Waals surface area contributed by atoms with Gasteiger partial charge in [-0.25, -0.2) is 0 Å². The second-order valence-corrected chi connectivity index (χ2v) is 4.63. The van der Waals surface area contributed by atoms with Crippen LogP contribution in [-0.2, 0) is 0 Å². The molecule has 0 fully saturated rings. The molecule has 1 N–H and O–H groups in total. The van der Waals surface area contributed by atoms with Crippen LogP contribution < -0.4 is 5.32 Å². The fourth-order valence-electron chi connectivity index (χ4n) is 1.10. The molecule has 4 nitrogen and oxygen atoms in total. The highest BCUT2D eigenvalue weighted by Gasteiger charge is 2.08. The Kier molecular flexibility index (Phi) is 3.39. The van der Waals surface area contributed by atoms with E-state index in [9.17, 15) is 0 Å². The van der Waals surface area contributed by atoms with Crippen molar-refractivity contribution >= 4 is 50.8 Å². The van der Waals surface area contributed by atoms with E-state index in [0.717, 1.165) is 16.2 Å². The van der Waals surface area contributed by atoms with Crippen molar-refractivity contribution < 1.29 is 0 Å². The van der Waals surface area contributed by atoms with Gasteiger partial charge in [0.1, 0.15) is 6.07 Å². The van der Waals surface area contributed by atoms with Crippen LogP contribution in [0.2, 0.25) is 5.15 Å². The third-order valence-electron chi connectivity index (χ3n) is 1.80. The topological polar surface area (TPSA) is 61.6 Å². The first-order chi connectivity index (χ1) is 7.70. The van der Waals surface area contributed by atoms with Gasteiger partial charge >= 0.3 is 0 Å². The van der Waals surface area contributed by atoms with E-state index in [0.29, 0.717) is 22.2 Å². The summed E-state index contributed by atoms with van der Waals surface area (Å²) in [5, 5.41) is 12.2. The minimum absolute atomic E-state index is 0.303. The number of halogens is 2. The predicted octanol–water partition coefficient (Wildman–Crippen LogP) is 3.57. The molecule has 0 bridgehead atoms. The molecule has 0 spiro atoms. The number of nitriles is 1. The lowest BCUT2D eigenvalue weighted by molar-refractivity contribution is 1.41. The zero-order valence-electron chi connectivity index (χ0n) is 7.74. The summed E-state index contributed by atoms with van der Waals surface area (Å²) >= 11 is 10.1. The van der Waals surface area contributed by atoms with Gasteiger partial charge in [0, 0.05) is 4.47 Å². The van der Waals surface area contributed by atoms with Crippen molar-refractivity contribution in [3.05, 3.63) is 33.4 Å². The number of rotatable bonds is 2. The number of aromatic nitrogens is 2. The van der Waals surface area contributed by atoms with Crippen molar-refractivity contribution in [3.63, 3.8) is 0 Å². The molecule has 0 aliphatic heterocycles. The number of nitrogens with zero attached hydrogens (tertiary/aromatic N) is 3. The van der Waals surface area contributed by atoms with Gasteiger partial charge in [0.2, 0.25) is 0 Å². The van der Waals surface area contributed by atoms with Gasteiger partial charge in [-0.1, -0.05) is 27.5 Å². The molecule has 1 heterocycles. The highest BCUT2D eigenvalue weighted by atomic mass is 79.9. The van der Waals surface area contributed by atoms with Gasteiger partial charge in [-0.15, -0.1) is 0 Å². The van der Waals surface area contributed by atoms with E-state index in [4.69, 9.17) is 16.9 Å². The summed E-state index contributed by atoms with van der Waals surface area (Å²) in [6, 6.07) is 7.41. The van der Waals surface area contributed by atoms with Gasteiger partial charge < -0.3 is 5.32 Å². The number of hydrogen-bond donors (Lipinski definition) is 1. The van der Waals surface area contributed by atoms with Crippen LogP contribution in [0.3, 0.4) is 0 Å². The average Bonchev–Trinajstić information content (AvgIpc) is 2.67. The maximum atomic E-state index is 8.96. The second-order valence-electron chi connectivity index (χ2n) is 2.83. The highest BCUT2D eigenvalue weighted by Crippen LogP contribution is 2.26. The smallest absolute Gasteiger partial charge is 0.187 e. The summed E-state index contributed by atoms with van der Waals surface area (Å²) in [5.74, 6) is 0.463. The maximum Gasteiger partial charge on any atom is 0.187 e. The molecule has 2 aromatic rings. The van der Waals surface area contributed by atoms with Gasteiger partial charge in [-0.2, -0.15) is 14.0 Å². The molecule has 16 heavy (non-hydrogen) atoms. The molecule has 0 unspecified atom stereocenters. The molecule has 2 rings (SSSR count). The van der Waals surface area contributed by atoms with Crippen LogP contribution in [0.15, 0.2) is 22.7 Å². The summed E-state index contributed by atoms with van der Waals surface area (Å²) < 4.78 is 8.65. The molecule has 0 aliphatic rings. The molecule has 0 radical (unpaired) electrons. The average molecular weight is 316 g/mol. The summed E-state index contributed by atoms with van der Waals surface area (Å²) in [5.41, 5.74) is 1.17. The standard InChI is InChI=1S/C9H4BrClN4S/c10-6-1-2-7(5(3-6)4-12)13-9-8(11)14-16-15-9/h1-3H,(H,13,15). The van der Waals surface area contributed by atoms with Crippen LogP contribution in [0, 0.1) is 11.3 Å². The minimum atomic E-state index is 0.303. The Bertz CT molecular complexity index is 563. The molecular weight excluding hydrogens is 312 g/mol. The molecule has 0 aliphatic carbocycles. The molecule has 80 valence electrons. The van der Waals surface area contributed by atoms with Gasteiger partial charge in [0.25, 0.3) is 0 Å². The van der Waals surface area contributed by atoms with E-state index in [1.54, 1.807) is 12.1 Å². The molecule has 1 aromatic carbocycles. The van der Waals surface area contributed by atoms with E-state index >= 15 is 0 Å². The van der Waals surface area contributed by atoms with Crippen molar-refractivity contribution in [3.8, 4) is 6.07 Å². The lowest BCUT2D eigenvalue weighted by atomic mass is 10.2. The first-order valence-electron chi connectivity index (χ1n) is 4.15. The van der Waals surface area contributed by atoms with Crippen LogP contribution in [0.4, 0.5) is 11.5 Å². The monoisotopic (exact) mass is 314 g/mol. The minimum Gasteiger partial charge on any atom is -0.336 e. The van der Waals surface area contributed by atoms with Crippen LogP contribution in [0.25, 0.3) is 0 Å². The quantitative estimate of drug-likeness (QED) is 0.920. The Morgan fingerprint density at radius 2 is 2.25 bits per heavy atom. The van der Waals surface area contributed by atoms with Crippen LogP contribution in [-0.4, -0.2) is 8.75 Å². The first-order valence-corrected chi connectivity index (χ1v) is 6.05. The van der Waals surface area contributed by atoms with Crippen LogP contribution in [0.1, 0.15) is 5.56 Å². The van der Waals surface area contributed by atoms with E-state index in [2.05, 4.69) is 36.1 Å². The third-order valence-corrected chi connectivity index (χ3v) is 3.19. The predicted molar refractivity (Wildman–Crippen MR) is 67.1 cm³/mol. The van der Waals surface area contributed by atoms with E-state index < -0.39 is 0 Å². The lowest BCUT2D eigenvalue weighted by Gasteiger charge is -2.05. The SMILES string of the molecule is N#Cc1cc(Br)ccc1Nc1nsnc1Cl. The molecule has 0 atom stereocenters. The summed E-state index contributed by atoms with van der Waals surface area (Å²) in [6.45, 7) is 0. The number of nitrogens with one attached hydrogen (secondary N) is 1. The zero-order valence-corrected chi connectivity index (χ0v) is 10.9. The molecule has 1 aromatic heterocycles. The third kappa shape index (κ3) is 2.32. The summed E-state index contributed by atoms with van der Waals surface area (Å²) in [6.07, 6.45) is 0. The fourth-order valence-corrected chi connectivity index (χ4v) is 2.10. The largest absolute Gasteiger partial charge is 0.336 e. The van der Waals surface area contributed by atoms with Crippen molar-refractivity contribution in [2.45, 2.75) is 0 Å². The van der Waals surface area contributed by atoms with Gasteiger partial charge in [-0.3, -0.25) is 0 Å². The van der Waals surface area contributed by atoms with Crippen LogP contribution in [0.5, 0.6) is 0 Å². The summed E-state index contributed by atoms with van der Waals surface area (Å²) in [4.78, 5) is 0. The maximum absolute atomic E-state index is 8.96. The Morgan fingerprint density at radius 3 is 2.88 bits per heavy atom. The lowest BCUT2D eigenvalue weighted by Crippen LogP contribution is -1.94. The first kappa shape index (κ1) is 11.3. The van der Waals surface area contributed by atoms with E-state index in [1.807, 2.05) is 6.07 Å². The Hall–Kier alpha value is -1.16. The molecule has 7 heteroatoms. The number of hydrogen-bond acceptors (Lipinski definition) is 5. The molecule has 0 saturated heterocycles. The fraction of sp³-hybridized carbons (Fsp3) is 0. The van der Waals surface area contributed by atoms with Crippen molar-refractivity contribution in [1.82, 2.24) is 8.75 Å². The normalized spacial score (nSPS) is 9.81. The molecule has 0 saturated carbocycles. The van der Waals surface area contributed by atoms with Crippen LogP contribution >= 0.6 is 39.3 Å². The second kappa shape index (κ2) is 4.78. The Labute approximate surface area is 109 Å². The summed E-state index contributed by atoms with van der Waals surface area (Å²) in [7, 11) is 0. The van der Waals surface area contributed by atoms with E-state index in [-0.39, 0.29) is 0 Å². The zero-order chi connectivity index (χ0) is 11.5. The Morgan fingerprint density at radius 1 is 1.44 bits per heavy atom. The number of benzene rings is 1. The van der Waals surface area contributed by atoms with Gasteiger partial charge in [0.15, 0.2) is 11.0 Å². The number of anilines is 2. The Balaban J connectivity index is 2.36. The molecular formula is C9H4BrClN4S. The molecule has 0 amide bonds. The van der Waals surface area contributed by atoms with Crippen molar-refractivity contribution in [1.29, 1.82) is 5.26 Å². The highest BCUT2D eigenvalue weighted by molar-refractivity contribution is 9.10.